The van der Waals surface area contributed by atoms with E-state index in [4.69, 9.17) is 9.47 Å². The van der Waals surface area contributed by atoms with Gasteiger partial charge in [-0.3, -0.25) is 4.90 Å². The van der Waals surface area contributed by atoms with E-state index >= 15 is 0 Å². The van der Waals surface area contributed by atoms with Crippen LogP contribution >= 0.6 is 0 Å². The SMILES string of the molecule is OCC1(CN2CCOC3CCCC32)CCOCC1. The minimum Gasteiger partial charge on any atom is -0.396 e. The van der Waals surface area contributed by atoms with Gasteiger partial charge in [0.05, 0.1) is 19.3 Å². The molecule has 2 atom stereocenters. The van der Waals surface area contributed by atoms with E-state index in [-0.39, 0.29) is 5.41 Å². The fraction of sp³-hybridized carbons (Fsp3) is 1.00. The molecule has 0 aromatic carbocycles. The summed E-state index contributed by atoms with van der Waals surface area (Å²) in [6.07, 6.45) is 6.23. The molecule has 2 saturated heterocycles. The highest BCUT2D eigenvalue weighted by molar-refractivity contribution is 4.93. The molecule has 4 nitrogen and oxygen atoms in total. The molecule has 4 heteroatoms. The Bertz CT molecular complexity index is 278. The molecule has 0 spiro atoms. The first-order valence-electron chi connectivity index (χ1n) is 7.37. The van der Waals surface area contributed by atoms with Crippen LogP contribution in [0.2, 0.25) is 0 Å². The molecule has 104 valence electrons. The summed E-state index contributed by atoms with van der Waals surface area (Å²) in [5, 5.41) is 9.80. The third kappa shape index (κ3) is 2.44. The molecule has 2 unspecified atom stereocenters. The van der Waals surface area contributed by atoms with Crippen molar-refractivity contribution < 1.29 is 14.6 Å². The maximum absolute atomic E-state index is 9.80. The molecule has 18 heavy (non-hydrogen) atoms. The van der Waals surface area contributed by atoms with E-state index in [1.807, 2.05) is 0 Å². The third-order valence-corrected chi connectivity index (χ3v) is 5.02. The monoisotopic (exact) mass is 255 g/mol. The van der Waals surface area contributed by atoms with Crippen molar-refractivity contribution in [3.05, 3.63) is 0 Å². The number of ether oxygens (including phenoxy) is 2. The van der Waals surface area contributed by atoms with Crippen molar-refractivity contribution in [1.82, 2.24) is 4.90 Å². The van der Waals surface area contributed by atoms with Gasteiger partial charge < -0.3 is 14.6 Å². The van der Waals surface area contributed by atoms with E-state index in [1.54, 1.807) is 0 Å². The van der Waals surface area contributed by atoms with Gasteiger partial charge in [-0.25, -0.2) is 0 Å². The number of rotatable bonds is 3. The van der Waals surface area contributed by atoms with Gasteiger partial charge >= 0.3 is 0 Å². The van der Waals surface area contributed by atoms with E-state index in [1.165, 1.54) is 19.3 Å². The summed E-state index contributed by atoms with van der Waals surface area (Å²) in [5.74, 6) is 0. The lowest BCUT2D eigenvalue weighted by Gasteiger charge is -2.45. The van der Waals surface area contributed by atoms with E-state index < -0.39 is 0 Å². The van der Waals surface area contributed by atoms with Crippen molar-refractivity contribution in [2.24, 2.45) is 5.41 Å². The Kier molecular flexibility index (Phi) is 3.89. The van der Waals surface area contributed by atoms with Gasteiger partial charge in [0.25, 0.3) is 0 Å². The minimum atomic E-state index is 0.0722. The lowest BCUT2D eigenvalue weighted by atomic mass is 9.80. The zero-order chi connectivity index (χ0) is 12.4. The predicted octanol–water partition coefficient (Wildman–Crippen LogP) is 1.03. The van der Waals surface area contributed by atoms with Crippen LogP contribution in [0.25, 0.3) is 0 Å². The molecule has 0 radical (unpaired) electrons. The molecule has 1 N–H and O–H groups in total. The van der Waals surface area contributed by atoms with E-state index in [0.717, 1.165) is 45.8 Å². The van der Waals surface area contributed by atoms with Crippen LogP contribution in [0, 0.1) is 5.41 Å². The number of aliphatic hydroxyl groups is 1. The van der Waals surface area contributed by atoms with E-state index in [2.05, 4.69) is 4.90 Å². The minimum absolute atomic E-state index is 0.0722. The Hall–Kier alpha value is -0.160. The number of hydrogen-bond donors (Lipinski definition) is 1. The summed E-state index contributed by atoms with van der Waals surface area (Å²) in [6, 6.07) is 0.602. The molecular formula is C14H25NO3. The predicted molar refractivity (Wildman–Crippen MR) is 68.5 cm³/mol. The first-order chi connectivity index (χ1) is 8.83. The third-order valence-electron chi connectivity index (χ3n) is 5.02. The Morgan fingerprint density at radius 3 is 2.78 bits per heavy atom. The molecule has 3 aliphatic rings. The van der Waals surface area contributed by atoms with Crippen LogP contribution in [-0.2, 0) is 9.47 Å². The van der Waals surface area contributed by atoms with Gasteiger partial charge in [0.15, 0.2) is 0 Å². The van der Waals surface area contributed by atoms with Crippen LogP contribution in [-0.4, -0.2) is 61.7 Å². The zero-order valence-corrected chi connectivity index (χ0v) is 11.1. The quantitative estimate of drug-likeness (QED) is 0.818. The highest BCUT2D eigenvalue weighted by Crippen LogP contribution is 2.36. The molecule has 1 saturated carbocycles. The van der Waals surface area contributed by atoms with Crippen molar-refractivity contribution in [3.8, 4) is 0 Å². The number of hydrogen-bond acceptors (Lipinski definition) is 4. The fourth-order valence-corrected chi connectivity index (χ4v) is 3.80. The van der Waals surface area contributed by atoms with Gasteiger partial charge in [0.1, 0.15) is 0 Å². The Balaban J connectivity index is 1.66. The van der Waals surface area contributed by atoms with Crippen LogP contribution in [0.1, 0.15) is 32.1 Å². The highest BCUT2D eigenvalue weighted by atomic mass is 16.5. The summed E-state index contributed by atoms with van der Waals surface area (Å²) < 4.78 is 11.3. The average Bonchev–Trinajstić information content (AvgIpc) is 2.89. The maximum atomic E-state index is 9.80. The van der Waals surface area contributed by atoms with Gasteiger partial charge in [-0.05, 0) is 32.1 Å². The van der Waals surface area contributed by atoms with Gasteiger partial charge in [0, 0.05) is 37.8 Å². The molecule has 2 heterocycles. The Labute approximate surface area is 109 Å². The lowest BCUT2D eigenvalue weighted by molar-refractivity contribution is -0.0924. The Morgan fingerprint density at radius 1 is 1.17 bits per heavy atom. The number of morpholine rings is 1. The van der Waals surface area contributed by atoms with Crippen LogP contribution in [0.3, 0.4) is 0 Å². The van der Waals surface area contributed by atoms with Crippen molar-refractivity contribution >= 4 is 0 Å². The summed E-state index contributed by atoms with van der Waals surface area (Å²) in [4.78, 5) is 2.59. The normalized spacial score (nSPS) is 36.5. The lowest BCUT2D eigenvalue weighted by Crippen LogP contribution is -2.54. The number of aliphatic hydroxyl groups excluding tert-OH is 1. The first-order valence-corrected chi connectivity index (χ1v) is 7.37. The maximum Gasteiger partial charge on any atom is 0.0730 e. The van der Waals surface area contributed by atoms with Crippen molar-refractivity contribution in [3.63, 3.8) is 0 Å². The molecule has 0 aromatic heterocycles. The van der Waals surface area contributed by atoms with Crippen molar-refractivity contribution in [2.45, 2.75) is 44.2 Å². The Morgan fingerprint density at radius 2 is 2.00 bits per heavy atom. The van der Waals surface area contributed by atoms with Crippen LogP contribution < -0.4 is 0 Å². The van der Waals surface area contributed by atoms with Crippen LogP contribution in [0.5, 0.6) is 0 Å². The second-order valence-corrected chi connectivity index (χ2v) is 6.15. The smallest absolute Gasteiger partial charge is 0.0730 e. The molecule has 2 aliphatic heterocycles. The standard InChI is InChI=1S/C14H25NO3/c16-11-14(4-7-17-8-5-14)10-15-6-9-18-13-3-1-2-12(13)15/h12-13,16H,1-11H2. The van der Waals surface area contributed by atoms with Crippen LogP contribution in [0.15, 0.2) is 0 Å². The molecular weight excluding hydrogens is 230 g/mol. The molecule has 1 aliphatic carbocycles. The summed E-state index contributed by atoms with van der Waals surface area (Å²) >= 11 is 0. The summed E-state index contributed by atoms with van der Waals surface area (Å²) in [5.41, 5.74) is 0.0722. The summed E-state index contributed by atoms with van der Waals surface area (Å²) in [6.45, 7) is 4.82. The number of fused-ring (bicyclic) bond motifs is 1. The van der Waals surface area contributed by atoms with Crippen molar-refractivity contribution in [1.29, 1.82) is 0 Å². The molecule has 0 aromatic rings. The second kappa shape index (κ2) is 5.45. The van der Waals surface area contributed by atoms with E-state index in [0.29, 0.717) is 18.8 Å². The highest BCUT2D eigenvalue weighted by Gasteiger charge is 2.41. The fourth-order valence-electron chi connectivity index (χ4n) is 3.80. The average molecular weight is 255 g/mol. The zero-order valence-electron chi connectivity index (χ0n) is 11.1. The van der Waals surface area contributed by atoms with E-state index in [9.17, 15) is 5.11 Å². The number of nitrogens with zero attached hydrogens (tertiary/aromatic N) is 1. The topological polar surface area (TPSA) is 41.9 Å². The van der Waals surface area contributed by atoms with Gasteiger partial charge in [-0.2, -0.15) is 0 Å². The molecule has 3 rings (SSSR count). The first kappa shape index (κ1) is 12.9. The van der Waals surface area contributed by atoms with Gasteiger partial charge in [-0.1, -0.05) is 0 Å². The van der Waals surface area contributed by atoms with Crippen molar-refractivity contribution in [2.75, 3.05) is 39.5 Å². The largest absolute Gasteiger partial charge is 0.396 e. The molecule has 3 fully saturated rings. The second-order valence-electron chi connectivity index (χ2n) is 6.15. The van der Waals surface area contributed by atoms with Gasteiger partial charge in [0.2, 0.25) is 0 Å². The van der Waals surface area contributed by atoms with Gasteiger partial charge in [-0.15, -0.1) is 0 Å². The van der Waals surface area contributed by atoms with Crippen LogP contribution in [0.4, 0.5) is 0 Å². The molecule has 0 amide bonds. The summed E-state index contributed by atoms with van der Waals surface area (Å²) in [7, 11) is 0. The molecule has 0 bridgehead atoms.